The Balaban J connectivity index is 1.47. The number of ether oxygens (including phenoxy) is 1. The summed E-state index contributed by atoms with van der Waals surface area (Å²) in [5.74, 6) is 0. The molecular formula is C17H32N2O3S. The second-order valence-electron chi connectivity index (χ2n) is 8.58. The minimum Gasteiger partial charge on any atom is -0.375 e. The van der Waals surface area contributed by atoms with Gasteiger partial charge in [0.15, 0.2) is 0 Å². The van der Waals surface area contributed by atoms with E-state index in [1.54, 1.807) is 4.31 Å². The zero-order valence-electron chi connectivity index (χ0n) is 14.8. The predicted molar refractivity (Wildman–Crippen MR) is 91.9 cm³/mol. The Morgan fingerprint density at radius 2 is 1.91 bits per heavy atom. The normalized spacial score (nSPS) is 38.4. The minimum atomic E-state index is -3.06. The minimum absolute atomic E-state index is 0.0418. The summed E-state index contributed by atoms with van der Waals surface area (Å²) in [7, 11) is -3.06. The van der Waals surface area contributed by atoms with E-state index in [9.17, 15) is 8.42 Å². The van der Waals surface area contributed by atoms with Crippen molar-refractivity contribution >= 4 is 10.0 Å². The van der Waals surface area contributed by atoms with Crippen molar-refractivity contribution in [2.45, 2.75) is 76.5 Å². The average Bonchev–Trinajstić information content (AvgIpc) is 3.03. The average molecular weight is 345 g/mol. The van der Waals surface area contributed by atoms with Crippen LogP contribution in [0, 0.1) is 5.41 Å². The van der Waals surface area contributed by atoms with Crippen LogP contribution in [0.5, 0.6) is 0 Å². The van der Waals surface area contributed by atoms with Crippen LogP contribution in [0.3, 0.4) is 0 Å². The van der Waals surface area contributed by atoms with Gasteiger partial charge in [-0.25, -0.2) is 8.42 Å². The van der Waals surface area contributed by atoms with E-state index in [0.717, 1.165) is 26.0 Å². The summed E-state index contributed by atoms with van der Waals surface area (Å²) in [5.41, 5.74) is 0.438. The fourth-order valence-corrected chi connectivity index (χ4v) is 6.04. The molecule has 0 radical (unpaired) electrons. The fourth-order valence-electron chi connectivity index (χ4n) is 4.86. The summed E-state index contributed by atoms with van der Waals surface area (Å²) in [6.45, 7) is 6.80. The smallest absolute Gasteiger partial charge is 0.211 e. The van der Waals surface area contributed by atoms with Gasteiger partial charge in [-0.05, 0) is 64.2 Å². The summed E-state index contributed by atoms with van der Waals surface area (Å²) >= 11 is 0. The van der Waals surface area contributed by atoms with E-state index in [1.165, 1.54) is 38.4 Å². The predicted octanol–water partition coefficient (Wildman–Crippen LogP) is 2.13. The second-order valence-corrected chi connectivity index (χ2v) is 10.5. The standard InChI is InChI=1S/C17H32N2O3S/c1-16(2)12-17(13-22-16)8-6-14(7-9-17)18-11-15-5-4-10-19(15)23(3,20)21/h14-15,18H,4-13H2,1-3H3/t14?,15-,17?/m1/s1. The number of nitrogens with zero attached hydrogens (tertiary/aromatic N) is 1. The molecule has 1 atom stereocenters. The van der Waals surface area contributed by atoms with Crippen molar-refractivity contribution in [2.24, 2.45) is 5.41 Å². The molecule has 3 rings (SSSR count). The van der Waals surface area contributed by atoms with Gasteiger partial charge in [-0.2, -0.15) is 4.31 Å². The van der Waals surface area contributed by atoms with E-state index in [4.69, 9.17) is 4.74 Å². The lowest BCUT2D eigenvalue weighted by Gasteiger charge is -2.37. The van der Waals surface area contributed by atoms with Crippen molar-refractivity contribution in [1.29, 1.82) is 0 Å². The topological polar surface area (TPSA) is 58.6 Å². The molecule has 134 valence electrons. The van der Waals surface area contributed by atoms with Crippen LogP contribution in [-0.2, 0) is 14.8 Å². The molecule has 3 aliphatic rings. The van der Waals surface area contributed by atoms with Crippen LogP contribution in [-0.4, -0.2) is 56.4 Å². The number of rotatable bonds is 4. The van der Waals surface area contributed by atoms with E-state index >= 15 is 0 Å². The lowest BCUT2D eigenvalue weighted by molar-refractivity contribution is 0.0277. The monoisotopic (exact) mass is 344 g/mol. The Bertz CT molecular complexity index is 524. The molecule has 0 aromatic rings. The molecule has 0 aromatic carbocycles. The molecule has 2 heterocycles. The summed E-state index contributed by atoms with van der Waals surface area (Å²) in [6, 6.07) is 0.681. The van der Waals surface area contributed by atoms with E-state index in [2.05, 4.69) is 19.2 Å². The van der Waals surface area contributed by atoms with Gasteiger partial charge in [-0.15, -0.1) is 0 Å². The second kappa shape index (κ2) is 6.28. The van der Waals surface area contributed by atoms with Crippen molar-refractivity contribution in [3.8, 4) is 0 Å². The van der Waals surface area contributed by atoms with Crippen LogP contribution in [0.25, 0.3) is 0 Å². The van der Waals surface area contributed by atoms with Gasteiger partial charge in [0, 0.05) is 25.2 Å². The molecule has 23 heavy (non-hydrogen) atoms. The highest BCUT2D eigenvalue weighted by atomic mass is 32.2. The van der Waals surface area contributed by atoms with Crippen LogP contribution in [0.15, 0.2) is 0 Å². The maximum Gasteiger partial charge on any atom is 0.211 e. The van der Waals surface area contributed by atoms with Gasteiger partial charge in [0.05, 0.1) is 18.5 Å². The fraction of sp³-hybridized carbons (Fsp3) is 1.00. The van der Waals surface area contributed by atoms with Crippen LogP contribution in [0.4, 0.5) is 0 Å². The van der Waals surface area contributed by atoms with Crippen molar-refractivity contribution in [3.63, 3.8) is 0 Å². The van der Waals surface area contributed by atoms with Gasteiger partial charge >= 0.3 is 0 Å². The van der Waals surface area contributed by atoms with Gasteiger partial charge in [-0.1, -0.05) is 0 Å². The molecule has 1 spiro atoms. The lowest BCUT2D eigenvalue weighted by Crippen LogP contribution is -2.45. The Hall–Kier alpha value is -0.170. The van der Waals surface area contributed by atoms with Crippen molar-refractivity contribution < 1.29 is 13.2 Å². The molecule has 3 fully saturated rings. The number of hydrogen-bond acceptors (Lipinski definition) is 4. The first-order valence-electron chi connectivity index (χ1n) is 9.03. The van der Waals surface area contributed by atoms with E-state index < -0.39 is 10.0 Å². The molecular weight excluding hydrogens is 312 g/mol. The van der Waals surface area contributed by atoms with Crippen LogP contribution >= 0.6 is 0 Å². The molecule has 5 nitrogen and oxygen atoms in total. The third-order valence-corrected chi connectivity index (χ3v) is 7.34. The highest BCUT2D eigenvalue weighted by Crippen LogP contribution is 2.48. The van der Waals surface area contributed by atoms with E-state index in [-0.39, 0.29) is 11.6 Å². The maximum absolute atomic E-state index is 11.8. The first-order chi connectivity index (χ1) is 10.7. The Kier molecular flexibility index (Phi) is 4.82. The number of hydrogen-bond donors (Lipinski definition) is 1. The summed E-state index contributed by atoms with van der Waals surface area (Å²) in [5, 5.41) is 3.65. The maximum atomic E-state index is 11.8. The summed E-state index contributed by atoms with van der Waals surface area (Å²) in [4.78, 5) is 0. The zero-order valence-corrected chi connectivity index (χ0v) is 15.6. The molecule has 1 N–H and O–H groups in total. The van der Waals surface area contributed by atoms with Crippen LogP contribution in [0.2, 0.25) is 0 Å². The van der Waals surface area contributed by atoms with Crippen molar-refractivity contribution in [2.75, 3.05) is 26.0 Å². The van der Waals surface area contributed by atoms with Crippen molar-refractivity contribution in [1.82, 2.24) is 9.62 Å². The zero-order chi connectivity index (χ0) is 16.7. The highest BCUT2D eigenvalue weighted by molar-refractivity contribution is 7.88. The lowest BCUT2D eigenvalue weighted by atomic mass is 9.70. The largest absolute Gasteiger partial charge is 0.375 e. The molecule has 6 heteroatoms. The molecule has 0 unspecified atom stereocenters. The van der Waals surface area contributed by atoms with Gasteiger partial charge in [0.25, 0.3) is 0 Å². The first kappa shape index (κ1) is 17.6. The first-order valence-corrected chi connectivity index (χ1v) is 10.9. The summed E-state index contributed by atoms with van der Waals surface area (Å²) < 4.78 is 31.3. The molecule has 2 aliphatic heterocycles. The third-order valence-electron chi connectivity index (χ3n) is 6.01. The quantitative estimate of drug-likeness (QED) is 0.849. The third kappa shape index (κ3) is 4.09. The van der Waals surface area contributed by atoms with Gasteiger partial charge < -0.3 is 10.1 Å². The SMILES string of the molecule is CC1(C)CC2(CCC(NC[C@H]3CCCN3S(C)(=O)=O)CC2)CO1. The van der Waals surface area contributed by atoms with E-state index in [1.807, 2.05) is 0 Å². The van der Waals surface area contributed by atoms with Gasteiger partial charge in [0.1, 0.15) is 0 Å². The van der Waals surface area contributed by atoms with Crippen LogP contribution in [0.1, 0.15) is 58.8 Å². The molecule has 2 saturated heterocycles. The molecule has 0 amide bonds. The van der Waals surface area contributed by atoms with Crippen LogP contribution < -0.4 is 5.32 Å². The molecule has 0 bridgehead atoms. The van der Waals surface area contributed by atoms with Gasteiger partial charge in [-0.3, -0.25) is 0 Å². The Labute approximate surface area is 141 Å². The number of nitrogens with one attached hydrogen (secondary N) is 1. The van der Waals surface area contributed by atoms with Crippen molar-refractivity contribution in [3.05, 3.63) is 0 Å². The highest BCUT2D eigenvalue weighted by Gasteiger charge is 2.46. The molecule has 1 saturated carbocycles. The number of sulfonamides is 1. The summed E-state index contributed by atoms with van der Waals surface area (Å²) in [6.07, 6.45) is 9.31. The van der Waals surface area contributed by atoms with Gasteiger partial charge in [0.2, 0.25) is 10.0 Å². The van der Waals surface area contributed by atoms with E-state index in [0.29, 0.717) is 18.0 Å². The molecule has 1 aliphatic carbocycles. The Morgan fingerprint density at radius 3 is 2.48 bits per heavy atom. The molecule has 0 aromatic heterocycles. The Morgan fingerprint density at radius 1 is 1.22 bits per heavy atom.